The fraction of sp³-hybridized carbons (Fsp3) is 0.516. The second-order valence-electron chi connectivity index (χ2n) is 10.8. The molecule has 4 nitrogen and oxygen atoms in total. The maximum Gasteiger partial charge on any atom is 1.00 e. The number of aliphatic carboxylic acids is 1. The number of carbonyl (C=O) groups is 1. The van der Waals surface area contributed by atoms with E-state index in [1.54, 1.807) is 42.3 Å². The zero-order chi connectivity index (χ0) is 29.7. The van der Waals surface area contributed by atoms with E-state index in [2.05, 4.69) is 18.6 Å². The normalized spacial score (nSPS) is 19.5. The van der Waals surface area contributed by atoms with Crippen molar-refractivity contribution in [2.75, 3.05) is 13.6 Å². The van der Waals surface area contributed by atoms with E-state index in [1.165, 1.54) is 0 Å². The Morgan fingerprint density at radius 1 is 1.10 bits per heavy atom. The van der Waals surface area contributed by atoms with Crippen LogP contribution in [0.15, 0.2) is 42.5 Å². The average Bonchev–Trinajstić information content (AvgIpc) is 2.88. The van der Waals surface area contributed by atoms with Crippen LogP contribution in [0.25, 0.3) is 0 Å². The molecule has 1 N–H and O–H groups in total. The monoisotopic (exact) mass is 590 g/mol. The van der Waals surface area contributed by atoms with Gasteiger partial charge in [0.1, 0.15) is 6.04 Å². The zero-order valence-electron chi connectivity index (χ0n) is 24.0. The first-order valence-electron chi connectivity index (χ1n) is 13.6. The second kappa shape index (κ2) is 15.2. The van der Waals surface area contributed by atoms with Crippen LogP contribution >= 0.6 is 11.6 Å². The SMILES string of the molecule is [CH2-]CC(F)(C[CH2-])[C@@H](CCN(C)[C@H](C(=O)O)c1cccc(C)c1C1CCC(OC(F)(F)F)CC1)c1cccc(Cl)c1.[Li+]. The number of alkyl halides is 4. The van der Waals surface area contributed by atoms with Crippen molar-refractivity contribution in [3.8, 4) is 0 Å². The number of hydrogen-bond donors (Lipinski definition) is 1. The molecule has 0 aliphatic heterocycles. The van der Waals surface area contributed by atoms with Crippen LogP contribution in [-0.2, 0) is 9.53 Å². The molecule has 1 fully saturated rings. The summed E-state index contributed by atoms with van der Waals surface area (Å²) >= 11 is 6.20. The summed E-state index contributed by atoms with van der Waals surface area (Å²) in [5, 5.41) is 10.8. The summed E-state index contributed by atoms with van der Waals surface area (Å²) in [6, 6.07) is 11.4. The number of ether oxygens (including phenoxy) is 1. The van der Waals surface area contributed by atoms with Crippen LogP contribution in [0.5, 0.6) is 0 Å². The van der Waals surface area contributed by atoms with Crippen molar-refractivity contribution >= 4 is 17.6 Å². The van der Waals surface area contributed by atoms with E-state index in [0.717, 1.165) is 11.1 Å². The van der Waals surface area contributed by atoms with E-state index >= 15 is 4.39 Å². The van der Waals surface area contributed by atoms with Crippen molar-refractivity contribution in [3.63, 3.8) is 0 Å². The number of halogens is 5. The van der Waals surface area contributed by atoms with Gasteiger partial charge >= 0.3 is 31.2 Å². The third kappa shape index (κ3) is 9.21. The minimum absolute atomic E-state index is 0. The summed E-state index contributed by atoms with van der Waals surface area (Å²) in [5.41, 5.74) is 1.36. The van der Waals surface area contributed by atoms with Crippen molar-refractivity contribution < 1.29 is 51.1 Å². The Labute approximate surface area is 258 Å². The molecular weight excluding hydrogens is 553 g/mol. The molecule has 0 saturated heterocycles. The van der Waals surface area contributed by atoms with Gasteiger partial charge in [-0.3, -0.25) is 14.4 Å². The van der Waals surface area contributed by atoms with Gasteiger partial charge < -0.3 is 19.0 Å². The molecule has 2 atom stereocenters. The van der Waals surface area contributed by atoms with Gasteiger partial charge in [0, 0.05) is 10.9 Å². The maximum absolute atomic E-state index is 16.0. The van der Waals surface area contributed by atoms with Crippen molar-refractivity contribution in [1.82, 2.24) is 4.90 Å². The van der Waals surface area contributed by atoms with Gasteiger partial charge in [-0.15, -0.1) is 26.0 Å². The molecule has 0 unspecified atom stereocenters. The minimum Gasteiger partial charge on any atom is -0.480 e. The van der Waals surface area contributed by atoms with E-state index < -0.39 is 36.1 Å². The van der Waals surface area contributed by atoms with Gasteiger partial charge in [0.25, 0.3) is 0 Å². The summed E-state index contributed by atoms with van der Waals surface area (Å²) in [6.07, 6.45) is -3.86. The van der Waals surface area contributed by atoms with Gasteiger partial charge in [0.15, 0.2) is 0 Å². The molecule has 1 aliphatic carbocycles. The fourth-order valence-corrected chi connectivity index (χ4v) is 6.30. The molecule has 0 radical (unpaired) electrons. The maximum atomic E-state index is 16.0. The molecule has 3 rings (SSSR count). The van der Waals surface area contributed by atoms with E-state index in [0.29, 0.717) is 35.4 Å². The standard InChI is InChI=1S/C31H38ClF4NO3.Li/c1-5-30(33,6-2)26(22-10-8-11-23(32)19-22)17-18-37(4)28(29(38)39)25-12-7-9-20(3)27(25)21-13-15-24(16-14-21)40-31(34,35)36;/h7-12,19,21,24,26,28H,1-2,5-6,13-18H2,3-4H3,(H,38,39);/q-2;+1/t21?,24?,26-,28-;/m0./s1. The van der Waals surface area contributed by atoms with Crippen LogP contribution in [0.4, 0.5) is 17.6 Å². The Hall–Kier alpha value is -1.56. The Balaban J connectivity index is 0.00000588. The van der Waals surface area contributed by atoms with Crippen LogP contribution < -0.4 is 18.9 Å². The van der Waals surface area contributed by atoms with E-state index in [9.17, 15) is 23.1 Å². The molecule has 10 heteroatoms. The number of benzene rings is 2. The van der Waals surface area contributed by atoms with Gasteiger partial charge in [0.2, 0.25) is 0 Å². The van der Waals surface area contributed by atoms with E-state index in [-0.39, 0.29) is 57.0 Å². The first kappa shape index (κ1) is 35.6. The summed E-state index contributed by atoms with van der Waals surface area (Å²) in [6.45, 7) is 9.77. The minimum atomic E-state index is -4.68. The van der Waals surface area contributed by atoms with Crippen LogP contribution in [0.1, 0.15) is 85.1 Å². The topological polar surface area (TPSA) is 49.8 Å². The van der Waals surface area contributed by atoms with Crippen LogP contribution in [-0.4, -0.2) is 47.7 Å². The number of rotatable bonds is 12. The Morgan fingerprint density at radius 3 is 2.24 bits per heavy atom. The number of carboxylic acid groups (broad SMARTS) is 1. The average molecular weight is 591 g/mol. The Morgan fingerprint density at radius 2 is 1.71 bits per heavy atom. The molecule has 41 heavy (non-hydrogen) atoms. The quantitative estimate of drug-likeness (QED) is 0.199. The molecule has 222 valence electrons. The van der Waals surface area contributed by atoms with Gasteiger partial charge in [-0.25, -0.2) is 4.39 Å². The number of carboxylic acids is 1. The first-order valence-corrected chi connectivity index (χ1v) is 14.0. The molecule has 1 saturated carbocycles. The molecule has 0 aromatic heterocycles. The predicted octanol–water partition coefficient (Wildman–Crippen LogP) is 5.60. The van der Waals surface area contributed by atoms with Crippen molar-refractivity contribution in [2.24, 2.45) is 0 Å². The molecule has 0 heterocycles. The Bertz CT molecular complexity index is 1140. The number of hydrogen-bond acceptors (Lipinski definition) is 3. The third-order valence-electron chi connectivity index (χ3n) is 8.19. The number of nitrogens with zero attached hydrogens (tertiary/aromatic N) is 1. The van der Waals surface area contributed by atoms with Crippen molar-refractivity contribution in [1.29, 1.82) is 0 Å². The number of likely N-dealkylation sites (N-methyl/N-ethyl adjacent to an activating group) is 1. The van der Waals surface area contributed by atoms with Gasteiger partial charge in [-0.05, 0) is 92.9 Å². The summed E-state index contributed by atoms with van der Waals surface area (Å²) in [5.74, 6) is -1.74. The smallest absolute Gasteiger partial charge is 0.480 e. The zero-order valence-corrected chi connectivity index (χ0v) is 24.8. The second-order valence-corrected chi connectivity index (χ2v) is 11.2. The molecule has 2 aromatic rings. The van der Waals surface area contributed by atoms with E-state index in [4.69, 9.17) is 11.6 Å². The summed E-state index contributed by atoms with van der Waals surface area (Å²) in [4.78, 5) is 14.4. The first-order chi connectivity index (χ1) is 18.8. The van der Waals surface area contributed by atoms with Crippen molar-refractivity contribution in [2.45, 2.75) is 87.9 Å². The largest absolute Gasteiger partial charge is 1.00 e. The van der Waals surface area contributed by atoms with Crippen LogP contribution in [0.3, 0.4) is 0 Å². The van der Waals surface area contributed by atoms with Gasteiger partial charge in [-0.1, -0.05) is 41.9 Å². The van der Waals surface area contributed by atoms with Gasteiger partial charge in [-0.2, -0.15) is 0 Å². The molecular formula is C31H38ClF4LiNO3-. The molecule has 1 aliphatic rings. The summed E-state index contributed by atoms with van der Waals surface area (Å²) in [7, 11) is 1.70. The van der Waals surface area contributed by atoms with E-state index in [1.807, 2.05) is 19.1 Å². The van der Waals surface area contributed by atoms with Gasteiger partial charge in [0.05, 0.1) is 11.8 Å². The fourth-order valence-electron chi connectivity index (χ4n) is 6.10. The molecule has 0 bridgehead atoms. The van der Waals surface area contributed by atoms with Crippen molar-refractivity contribution in [3.05, 3.63) is 83.6 Å². The predicted molar refractivity (Wildman–Crippen MR) is 149 cm³/mol. The Kier molecular flexibility index (Phi) is 13.3. The molecule has 0 amide bonds. The van der Waals surface area contributed by atoms with Crippen LogP contribution in [0.2, 0.25) is 5.02 Å². The van der Waals surface area contributed by atoms with Crippen LogP contribution in [0, 0.1) is 20.8 Å². The third-order valence-corrected chi connectivity index (χ3v) is 8.42. The summed E-state index contributed by atoms with van der Waals surface area (Å²) < 4.78 is 58.4. The number of aryl methyl sites for hydroxylation is 1. The molecule has 0 spiro atoms. The molecule has 2 aromatic carbocycles.